The highest BCUT2D eigenvalue weighted by atomic mass is 79.9. The minimum absolute atomic E-state index is 0.192. The zero-order valence-electron chi connectivity index (χ0n) is 11.5. The highest BCUT2D eigenvalue weighted by Gasteiger charge is 2.29. The maximum Gasteiger partial charge on any atom is 0.313 e. The molecule has 6 heteroatoms. The molecule has 1 heterocycles. The molecule has 110 valence electrons. The van der Waals surface area contributed by atoms with E-state index in [9.17, 15) is 14.7 Å². The van der Waals surface area contributed by atoms with Crippen molar-refractivity contribution in [2.75, 3.05) is 5.32 Å². The predicted octanol–water partition coefficient (Wildman–Crippen LogP) is 4.13. The van der Waals surface area contributed by atoms with Crippen molar-refractivity contribution in [1.29, 1.82) is 0 Å². The Morgan fingerprint density at radius 3 is 2.33 bits per heavy atom. The van der Waals surface area contributed by atoms with E-state index in [2.05, 4.69) is 21.2 Å². The molecule has 0 radical (unpaired) electrons. The molecule has 0 unspecified atom stereocenters. The SMILES string of the molecule is CC(C)(C(=O)O)c1ccc(NC(=O)c2csc(Br)c2)cc1. The second kappa shape index (κ2) is 5.99. The molecule has 1 aromatic heterocycles. The fourth-order valence-corrected chi connectivity index (χ4v) is 2.86. The zero-order valence-corrected chi connectivity index (χ0v) is 13.9. The van der Waals surface area contributed by atoms with E-state index in [1.165, 1.54) is 11.3 Å². The van der Waals surface area contributed by atoms with Crippen molar-refractivity contribution in [3.63, 3.8) is 0 Å². The summed E-state index contributed by atoms with van der Waals surface area (Å²) in [7, 11) is 0. The van der Waals surface area contributed by atoms with Crippen LogP contribution in [0.25, 0.3) is 0 Å². The molecular formula is C15H14BrNO3S. The van der Waals surface area contributed by atoms with Crippen LogP contribution >= 0.6 is 27.3 Å². The Morgan fingerprint density at radius 2 is 1.86 bits per heavy atom. The van der Waals surface area contributed by atoms with Crippen molar-refractivity contribution < 1.29 is 14.7 Å². The number of hydrogen-bond donors (Lipinski definition) is 2. The summed E-state index contributed by atoms with van der Waals surface area (Å²) in [4.78, 5) is 23.2. The third-order valence-electron chi connectivity index (χ3n) is 3.23. The van der Waals surface area contributed by atoms with Crippen LogP contribution in [-0.2, 0) is 10.2 Å². The van der Waals surface area contributed by atoms with Crippen molar-refractivity contribution in [2.45, 2.75) is 19.3 Å². The molecule has 0 spiro atoms. The van der Waals surface area contributed by atoms with Gasteiger partial charge in [0.2, 0.25) is 0 Å². The Hall–Kier alpha value is -1.66. The monoisotopic (exact) mass is 367 g/mol. The molecule has 0 bridgehead atoms. The van der Waals surface area contributed by atoms with Gasteiger partial charge in [-0.05, 0) is 53.5 Å². The zero-order chi connectivity index (χ0) is 15.6. The number of hydrogen-bond acceptors (Lipinski definition) is 3. The molecule has 0 fully saturated rings. The smallest absolute Gasteiger partial charge is 0.313 e. The largest absolute Gasteiger partial charge is 0.481 e. The Bertz CT molecular complexity index is 676. The summed E-state index contributed by atoms with van der Waals surface area (Å²) in [6.45, 7) is 3.29. The summed E-state index contributed by atoms with van der Waals surface area (Å²) >= 11 is 4.76. The van der Waals surface area contributed by atoms with Crippen LogP contribution in [0.1, 0.15) is 29.8 Å². The number of thiophene rings is 1. The minimum Gasteiger partial charge on any atom is -0.481 e. The topological polar surface area (TPSA) is 66.4 Å². The van der Waals surface area contributed by atoms with E-state index in [1.807, 2.05) is 0 Å². The Kier molecular flexibility index (Phi) is 4.49. The van der Waals surface area contributed by atoms with Gasteiger partial charge in [0, 0.05) is 11.1 Å². The van der Waals surface area contributed by atoms with Crippen molar-refractivity contribution in [1.82, 2.24) is 0 Å². The van der Waals surface area contributed by atoms with Crippen molar-refractivity contribution in [3.8, 4) is 0 Å². The highest BCUT2D eigenvalue weighted by Crippen LogP contribution is 2.25. The lowest BCUT2D eigenvalue weighted by Gasteiger charge is -2.19. The fraction of sp³-hybridized carbons (Fsp3) is 0.200. The van der Waals surface area contributed by atoms with Gasteiger partial charge in [-0.15, -0.1) is 11.3 Å². The molecule has 0 saturated heterocycles. The second-order valence-corrected chi connectivity index (χ2v) is 7.39. The first-order chi connectivity index (χ1) is 9.80. The van der Waals surface area contributed by atoms with Crippen LogP contribution < -0.4 is 5.32 Å². The number of anilines is 1. The summed E-state index contributed by atoms with van der Waals surface area (Å²) in [6.07, 6.45) is 0. The average Bonchev–Trinajstić information content (AvgIpc) is 2.86. The van der Waals surface area contributed by atoms with Gasteiger partial charge in [0.1, 0.15) is 0 Å². The molecule has 2 aromatic rings. The standard InChI is InChI=1S/C15H14BrNO3S/c1-15(2,14(19)20)10-3-5-11(6-4-10)17-13(18)9-7-12(16)21-8-9/h3-8H,1-2H3,(H,17,18)(H,19,20). The highest BCUT2D eigenvalue weighted by molar-refractivity contribution is 9.11. The lowest BCUT2D eigenvalue weighted by Crippen LogP contribution is -2.28. The number of benzene rings is 1. The normalized spacial score (nSPS) is 11.2. The van der Waals surface area contributed by atoms with E-state index in [4.69, 9.17) is 0 Å². The number of nitrogens with one attached hydrogen (secondary N) is 1. The van der Waals surface area contributed by atoms with Crippen LogP contribution in [0, 0.1) is 0 Å². The Balaban J connectivity index is 2.13. The minimum atomic E-state index is -0.958. The molecule has 4 nitrogen and oxygen atoms in total. The van der Waals surface area contributed by atoms with Gasteiger partial charge >= 0.3 is 5.97 Å². The third-order valence-corrected chi connectivity index (χ3v) is 4.73. The van der Waals surface area contributed by atoms with Gasteiger partial charge in [0.25, 0.3) is 5.91 Å². The van der Waals surface area contributed by atoms with Crippen molar-refractivity contribution in [3.05, 3.63) is 50.6 Å². The van der Waals surface area contributed by atoms with E-state index >= 15 is 0 Å². The number of rotatable bonds is 4. The third kappa shape index (κ3) is 3.51. The van der Waals surface area contributed by atoms with E-state index in [-0.39, 0.29) is 5.91 Å². The van der Waals surface area contributed by atoms with Gasteiger partial charge in [-0.25, -0.2) is 0 Å². The number of carboxylic acid groups (broad SMARTS) is 1. The number of aliphatic carboxylic acids is 1. The number of carbonyl (C=O) groups is 2. The molecule has 2 N–H and O–H groups in total. The second-order valence-electron chi connectivity index (χ2n) is 5.10. The summed E-state index contributed by atoms with van der Waals surface area (Å²) in [5.41, 5.74) is 0.946. The number of halogens is 1. The summed E-state index contributed by atoms with van der Waals surface area (Å²) in [6, 6.07) is 8.60. The maximum absolute atomic E-state index is 12.0. The van der Waals surface area contributed by atoms with Crippen LogP contribution in [0.2, 0.25) is 0 Å². The molecule has 2 rings (SSSR count). The van der Waals surface area contributed by atoms with Gasteiger partial charge in [-0.1, -0.05) is 12.1 Å². The Labute approximate surface area is 134 Å². The van der Waals surface area contributed by atoms with E-state index in [1.54, 1.807) is 49.6 Å². The number of carbonyl (C=O) groups excluding carboxylic acids is 1. The first-order valence-electron chi connectivity index (χ1n) is 6.20. The van der Waals surface area contributed by atoms with Crippen LogP contribution in [0.4, 0.5) is 5.69 Å². The van der Waals surface area contributed by atoms with Gasteiger partial charge in [-0.2, -0.15) is 0 Å². The molecule has 0 aliphatic heterocycles. The van der Waals surface area contributed by atoms with E-state index < -0.39 is 11.4 Å². The van der Waals surface area contributed by atoms with Crippen LogP contribution in [0.3, 0.4) is 0 Å². The van der Waals surface area contributed by atoms with Crippen LogP contribution in [0.5, 0.6) is 0 Å². The van der Waals surface area contributed by atoms with Crippen LogP contribution in [0.15, 0.2) is 39.5 Å². The summed E-state index contributed by atoms with van der Waals surface area (Å²) in [5.74, 6) is -1.08. The number of amides is 1. The van der Waals surface area contributed by atoms with E-state index in [0.717, 1.165) is 3.79 Å². The molecule has 1 amide bonds. The molecule has 21 heavy (non-hydrogen) atoms. The Morgan fingerprint density at radius 1 is 1.24 bits per heavy atom. The first-order valence-corrected chi connectivity index (χ1v) is 7.87. The lowest BCUT2D eigenvalue weighted by molar-refractivity contribution is -0.142. The quantitative estimate of drug-likeness (QED) is 0.853. The average molecular weight is 368 g/mol. The van der Waals surface area contributed by atoms with Crippen molar-refractivity contribution in [2.24, 2.45) is 0 Å². The molecule has 0 aliphatic carbocycles. The summed E-state index contributed by atoms with van der Waals surface area (Å²) in [5, 5.41) is 13.7. The molecule has 0 aliphatic rings. The molecule has 1 aromatic carbocycles. The lowest BCUT2D eigenvalue weighted by atomic mass is 9.85. The maximum atomic E-state index is 12.0. The first kappa shape index (κ1) is 15.7. The molecule has 0 atom stereocenters. The van der Waals surface area contributed by atoms with Gasteiger partial charge in [0.05, 0.1) is 14.8 Å². The summed E-state index contributed by atoms with van der Waals surface area (Å²) < 4.78 is 0.895. The fourth-order valence-electron chi connectivity index (χ4n) is 1.73. The van der Waals surface area contributed by atoms with Gasteiger partial charge in [0.15, 0.2) is 0 Å². The van der Waals surface area contributed by atoms with Gasteiger partial charge < -0.3 is 10.4 Å². The van der Waals surface area contributed by atoms with E-state index in [0.29, 0.717) is 16.8 Å². The van der Waals surface area contributed by atoms with Crippen LogP contribution in [-0.4, -0.2) is 17.0 Å². The van der Waals surface area contributed by atoms with Crippen molar-refractivity contribution >= 4 is 44.8 Å². The predicted molar refractivity (Wildman–Crippen MR) is 87.1 cm³/mol. The number of carboxylic acids is 1. The van der Waals surface area contributed by atoms with Gasteiger partial charge in [-0.3, -0.25) is 9.59 Å². The molecule has 0 saturated carbocycles. The molecular weight excluding hydrogens is 354 g/mol.